The highest BCUT2D eigenvalue weighted by molar-refractivity contribution is 6.33. The first kappa shape index (κ1) is 11.6. The maximum absolute atomic E-state index is 11.9. The molecule has 3 aromatic heterocycles. The molecule has 9 heteroatoms. The van der Waals surface area contributed by atoms with Gasteiger partial charge in [-0.15, -0.1) is 0 Å². The predicted molar refractivity (Wildman–Crippen MR) is 65.9 cm³/mol. The van der Waals surface area contributed by atoms with E-state index in [9.17, 15) is 4.79 Å². The molecule has 8 nitrogen and oxygen atoms in total. The van der Waals surface area contributed by atoms with Crippen molar-refractivity contribution in [1.82, 2.24) is 25.1 Å². The van der Waals surface area contributed by atoms with Crippen LogP contribution >= 0.6 is 11.6 Å². The van der Waals surface area contributed by atoms with Crippen molar-refractivity contribution in [1.29, 1.82) is 0 Å². The first-order chi connectivity index (χ1) is 9.15. The summed E-state index contributed by atoms with van der Waals surface area (Å²) in [5.74, 6) is -0.354. The number of imidazole rings is 1. The summed E-state index contributed by atoms with van der Waals surface area (Å²) < 4.78 is 4.83. The summed E-state index contributed by atoms with van der Waals surface area (Å²) in [7, 11) is 0. The quantitative estimate of drug-likeness (QED) is 0.688. The molecule has 1 amide bonds. The summed E-state index contributed by atoms with van der Waals surface area (Å²) in [4.78, 5) is 26.6. The van der Waals surface area contributed by atoms with Gasteiger partial charge in [-0.2, -0.15) is 9.97 Å². The van der Waals surface area contributed by atoms with E-state index in [1.807, 2.05) is 0 Å². The third-order valence-corrected chi connectivity index (χ3v) is 2.70. The molecular formula is C10H7ClN6O2. The second-order valence-electron chi connectivity index (χ2n) is 3.73. The molecule has 3 heterocycles. The number of aryl methyl sites for hydroxylation is 1. The van der Waals surface area contributed by atoms with E-state index in [0.717, 1.165) is 0 Å². The molecular weight excluding hydrogens is 272 g/mol. The molecule has 96 valence electrons. The van der Waals surface area contributed by atoms with Gasteiger partial charge in [0.25, 0.3) is 5.91 Å². The third-order valence-electron chi connectivity index (χ3n) is 2.42. The Morgan fingerprint density at radius 1 is 1.47 bits per heavy atom. The van der Waals surface area contributed by atoms with Crippen molar-refractivity contribution in [3.63, 3.8) is 0 Å². The van der Waals surface area contributed by atoms with E-state index < -0.39 is 5.91 Å². The van der Waals surface area contributed by atoms with E-state index in [1.165, 1.54) is 12.5 Å². The fourth-order valence-electron chi connectivity index (χ4n) is 1.52. The lowest BCUT2D eigenvalue weighted by Crippen LogP contribution is -2.14. The molecule has 0 radical (unpaired) electrons. The number of halogens is 1. The lowest BCUT2D eigenvalue weighted by molar-refractivity contribution is 0.0986. The molecule has 0 fully saturated rings. The van der Waals surface area contributed by atoms with Gasteiger partial charge in [-0.3, -0.25) is 10.1 Å². The van der Waals surface area contributed by atoms with E-state index in [-0.39, 0.29) is 16.9 Å². The lowest BCUT2D eigenvalue weighted by atomic mass is 10.3. The van der Waals surface area contributed by atoms with E-state index in [0.29, 0.717) is 16.7 Å². The molecule has 0 aliphatic heterocycles. The van der Waals surface area contributed by atoms with Crippen LogP contribution in [0.25, 0.3) is 11.2 Å². The molecule has 0 unspecified atom stereocenters. The number of hydrogen-bond acceptors (Lipinski definition) is 6. The number of nitrogens with zero attached hydrogens (tertiary/aromatic N) is 4. The molecule has 2 N–H and O–H groups in total. The molecule has 0 aliphatic rings. The largest absolute Gasteiger partial charge is 0.351 e. The SMILES string of the molecule is Cc1cnoc1C(=O)Nc1nc(Cl)c2[nH]cnc2n1. The van der Waals surface area contributed by atoms with Crippen LogP contribution in [0.2, 0.25) is 5.15 Å². The summed E-state index contributed by atoms with van der Waals surface area (Å²) in [5.41, 5.74) is 1.49. The Morgan fingerprint density at radius 3 is 3.05 bits per heavy atom. The van der Waals surface area contributed by atoms with Gasteiger partial charge in [0.05, 0.1) is 12.5 Å². The van der Waals surface area contributed by atoms with Crippen LogP contribution < -0.4 is 5.32 Å². The second-order valence-corrected chi connectivity index (χ2v) is 4.09. The van der Waals surface area contributed by atoms with E-state index in [1.54, 1.807) is 6.92 Å². The first-order valence-electron chi connectivity index (χ1n) is 5.24. The zero-order valence-corrected chi connectivity index (χ0v) is 10.4. The zero-order valence-electron chi connectivity index (χ0n) is 9.64. The number of carbonyl (C=O) groups excluding carboxylic acids is 1. The Kier molecular flexibility index (Phi) is 2.64. The fraction of sp³-hybridized carbons (Fsp3) is 0.100. The summed E-state index contributed by atoms with van der Waals surface area (Å²) in [5, 5.41) is 6.17. The van der Waals surface area contributed by atoms with Crippen molar-refractivity contribution in [2.24, 2.45) is 0 Å². The molecule has 3 rings (SSSR count). The minimum absolute atomic E-state index is 0.0467. The average molecular weight is 279 g/mol. The van der Waals surface area contributed by atoms with Crippen molar-refractivity contribution in [2.45, 2.75) is 6.92 Å². The Morgan fingerprint density at radius 2 is 2.32 bits per heavy atom. The van der Waals surface area contributed by atoms with Crippen molar-refractivity contribution in [3.8, 4) is 0 Å². The molecule has 0 saturated heterocycles. The summed E-state index contributed by atoms with van der Waals surface area (Å²) >= 11 is 5.93. The second kappa shape index (κ2) is 4.32. The Hall–Kier alpha value is -2.48. The van der Waals surface area contributed by atoms with Crippen LogP contribution in [0.15, 0.2) is 17.0 Å². The Balaban J connectivity index is 1.93. The van der Waals surface area contributed by atoms with E-state index >= 15 is 0 Å². The Labute approximate surface area is 111 Å². The normalized spacial score (nSPS) is 10.8. The number of aromatic nitrogens is 5. The highest BCUT2D eigenvalue weighted by Gasteiger charge is 2.17. The number of anilines is 1. The summed E-state index contributed by atoms with van der Waals surface area (Å²) in [6.45, 7) is 1.70. The maximum atomic E-state index is 11.9. The standard InChI is InChI=1S/C10H7ClN6O2/c1-4-2-14-19-6(4)9(18)17-10-15-7(11)5-8(16-10)13-3-12-5/h2-3H,1H3,(H2,12,13,15,16,17,18). The number of rotatable bonds is 2. The van der Waals surface area contributed by atoms with Gasteiger partial charge in [0.15, 0.2) is 10.8 Å². The topological polar surface area (TPSA) is 110 Å². The first-order valence-corrected chi connectivity index (χ1v) is 5.62. The van der Waals surface area contributed by atoms with Crippen LogP contribution in [-0.2, 0) is 0 Å². The minimum atomic E-state index is -0.499. The molecule has 0 saturated carbocycles. The van der Waals surface area contributed by atoms with Gasteiger partial charge in [0.2, 0.25) is 11.7 Å². The molecule has 0 aromatic carbocycles. The summed E-state index contributed by atoms with van der Waals surface area (Å²) in [6.07, 6.45) is 2.89. The van der Waals surface area contributed by atoms with Crippen molar-refractivity contribution in [3.05, 3.63) is 29.0 Å². The van der Waals surface area contributed by atoms with E-state index in [2.05, 4.69) is 30.4 Å². The monoisotopic (exact) mass is 278 g/mol. The smallest absolute Gasteiger partial charge is 0.296 e. The number of aromatic amines is 1. The van der Waals surface area contributed by atoms with Crippen molar-refractivity contribution < 1.29 is 9.32 Å². The van der Waals surface area contributed by atoms with Crippen molar-refractivity contribution in [2.75, 3.05) is 5.32 Å². The average Bonchev–Trinajstić information content (AvgIpc) is 2.97. The van der Waals surface area contributed by atoms with Gasteiger partial charge in [-0.05, 0) is 6.92 Å². The summed E-state index contributed by atoms with van der Waals surface area (Å²) in [6, 6.07) is 0. The zero-order chi connectivity index (χ0) is 13.4. The molecule has 19 heavy (non-hydrogen) atoms. The molecule has 3 aromatic rings. The number of amides is 1. The van der Waals surface area contributed by atoms with Gasteiger partial charge in [0, 0.05) is 5.56 Å². The van der Waals surface area contributed by atoms with Gasteiger partial charge in [-0.25, -0.2) is 4.98 Å². The predicted octanol–water partition coefficient (Wildman–Crippen LogP) is 1.56. The number of carbonyl (C=O) groups is 1. The van der Waals surface area contributed by atoms with E-state index in [4.69, 9.17) is 16.1 Å². The van der Waals surface area contributed by atoms with Crippen LogP contribution in [0.1, 0.15) is 16.1 Å². The van der Waals surface area contributed by atoms with Crippen LogP contribution in [-0.4, -0.2) is 31.0 Å². The molecule has 0 spiro atoms. The lowest BCUT2D eigenvalue weighted by Gasteiger charge is -2.02. The number of fused-ring (bicyclic) bond motifs is 1. The highest BCUT2D eigenvalue weighted by Crippen LogP contribution is 2.18. The van der Waals surface area contributed by atoms with Crippen molar-refractivity contribution >= 4 is 34.6 Å². The van der Waals surface area contributed by atoms with Gasteiger partial charge in [0.1, 0.15) is 5.52 Å². The van der Waals surface area contributed by atoms with Gasteiger partial charge in [-0.1, -0.05) is 16.8 Å². The molecule has 0 aliphatic carbocycles. The maximum Gasteiger partial charge on any atom is 0.296 e. The Bertz CT molecular complexity index is 764. The fourth-order valence-corrected chi connectivity index (χ4v) is 1.74. The number of hydrogen-bond donors (Lipinski definition) is 2. The molecule has 0 atom stereocenters. The van der Waals surface area contributed by atoms with Crippen LogP contribution in [0.3, 0.4) is 0 Å². The van der Waals surface area contributed by atoms with Crippen LogP contribution in [0.5, 0.6) is 0 Å². The van der Waals surface area contributed by atoms with Crippen LogP contribution in [0.4, 0.5) is 5.95 Å². The molecule has 0 bridgehead atoms. The highest BCUT2D eigenvalue weighted by atomic mass is 35.5. The van der Waals surface area contributed by atoms with Gasteiger partial charge >= 0.3 is 0 Å². The third kappa shape index (κ3) is 2.02. The van der Waals surface area contributed by atoms with Crippen LogP contribution in [0, 0.1) is 6.92 Å². The van der Waals surface area contributed by atoms with Gasteiger partial charge < -0.3 is 9.51 Å². The number of nitrogens with one attached hydrogen (secondary N) is 2. The minimum Gasteiger partial charge on any atom is -0.351 e. The number of H-pyrrole nitrogens is 1.